The molecule has 0 amide bonds. The van der Waals surface area contributed by atoms with E-state index in [-0.39, 0.29) is 6.04 Å². The summed E-state index contributed by atoms with van der Waals surface area (Å²) in [6.07, 6.45) is 2.75. The largest absolute Gasteiger partial charge is 0.467 e. The molecule has 0 radical (unpaired) electrons. The van der Waals surface area contributed by atoms with E-state index in [1.165, 1.54) is 16.8 Å². The molecule has 1 aliphatic heterocycles. The SMILES string of the molecule is C=C(C)[C@H]1Cc2ccccc2N[C@H]1c1ccco1. The van der Waals surface area contributed by atoms with Crippen molar-refractivity contribution in [2.24, 2.45) is 5.92 Å². The van der Waals surface area contributed by atoms with Gasteiger partial charge in [0.2, 0.25) is 0 Å². The van der Waals surface area contributed by atoms with E-state index in [1.54, 1.807) is 6.26 Å². The zero-order valence-corrected chi connectivity index (χ0v) is 10.5. The molecule has 2 atom stereocenters. The number of hydrogen-bond donors (Lipinski definition) is 1. The normalized spacial score (nSPS) is 22.1. The quantitative estimate of drug-likeness (QED) is 0.795. The molecular weight excluding hydrogens is 222 g/mol. The number of anilines is 1. The Hall–Kier alpha value is -1.96. The third-order valence-corrected chi connectivity index (χ3v) is 3.65. The lowest BCUT2D eigenvalue weighted by atomic mass is 9.82. The van der Waals surface area contributed by atoms with Crippen molar-refractivity contribution in [2.75, 3.05) is 5.32 Å². The molecular formula is C16H17NO. The molecule has 2 nitrogen and oxygen atoms in total. The van der Waals surface area contributed by atoms with Crippen LogP contribution in [0.2, 0.25) is 0 Å². The van der Waals surface area contributed by atoms with Gasteiger partial charge in [0.25, 0.3) is 0 Å². The van der Waals surface area contributed by atoms with Crippen molar-refractivity contribution < 1.29 is 4.42 Å². The number of furan rings is 1. The van der Waals surface area contributed by atoms with Crippen LogP contribution in [0.4, 0.5) is 5.69 Å². The molecule has 1 aromatic heterocycles. The summed E-state index contributed by atoms with van der Waals surface area (Å²) in [5.74, 6) is 1.36. The van der Waals surface area contributed by atoms with E-state index >= 15 is 0 Å². The molecule has 0 saturated heterocycles. The van der Waals surface area contributed by atoms with Crippen LogP contribution >= 0.6 is 0 Å². The van der Waals surface area contributed by atoms with Crippen LogP contribution < -0.4 is 5.32 Å². The molecule has 0 unspecified atom stereocenters. The highest BCUT2D eigenvalue weighted by molar-refractivity contribution is 5.55. The summed E-state index contributed by atoms with van der Waals surface area (Å²) >= 11 is 0. The second kappa shape index (κ2) is 4.37. The van der Waals surface area contributed by atoms with Crippen molar-refractivity contribution in [3.8, 4) is 0 Å². The Labute approximate surface area is 107 Å². The molecule has 0 fully saturated rings. The van der Waals surface area contributed by atoms with Crippen LogP contribution in [0.15, 0.2) is 59.2 Å². The van der Waals surface area contributed by atoms with E-state index in [2.05, 4.69) is 43.1 Å². The zero-order valence-electron chi connectivity index (χ0n) is 10.5. The van der Waals surface area contributed by atoms with Crippen molar-refractivity contribution >= 4 is 5.69 Å². The van der Waals surface area contributed by atoms with Crippen molar-refractivity contribution in [3.63, 3.8) is 0 Å². The summed E-state index contributed by atoms with van der Waals surface area (Å²) < 4.78 is 5.56. The van der Waals surface area contributed by atoms with E-state index in [0.717, 1.165) is 12.2 Å². The number of para-hydroxylation sites is 1. The molecule has 1 aromatic carbocycles. The second-order valence-corrected chi connectivity index (χ2v) is 4.95. The first-order valence-electron chi connectivity index (χ1n) is 6.29. The van der Waals surface area contributed by atoms with E-state index in [1.807, 2.05) is 12.1 Å². The Bertz CT molecular complexity index is 556. The van der Waals surface area contributed by atoms with Crippen molar-refractivity contribution in [3.05, 3.63) is 66.1 Å². The molecule has 92 valence electrons. The van der Waals surface area contributed by atoms with E-state index in [4.69, 9.17) is 4.42 Å². The Balaban J connectivity index is 2.01. The van der Waals surface area contributed by atoms with Gasteiger partial charge in [-0.3, -0.25) is 0 Å². The summed E-state index contributed by atoms with van der Waals surface area (Å²) in [6.45, 7) is 6.22. The highest BCUT2D eigenvalue weighted by Crippen LogP contribution is 2.39. The monoisotopic (exact) mass is 239 g/mol. The zero-order chi connectivity index (χ0) is 12.5. The maximum Gasteiger partial charge on any atom is 0.126 e. The lowest BCUT2D eigenvalue weighted by molar-refractivity contribution is 0.406. The van der Waals surface area contributed by atoms with E-state index in [9.17, 15) is 0 Å². The van der Waals surface area contributed by atoms with Crippen molar-refractivity contribution in [2.45, 2.75) is 19.4 Å². The van der Waals surface area contributed by atoms with Crippen LogP contribution in [0.1, 0.15) is 24.3 Å². The number of fused-ring (bicyclic) bond motifs is 1. The Morgan fingerprint density at radius 3 is 2.83 bits per heavy atom. The minimum Gasteiger partial charge on any atom is -0.467 e. The van der Waals surface area contributed by atoms with Gasteiger partial charge >= 0.3 is 0 Å². The van der Waals surface area contributed by atoms with Gasteiger partial charge in [-0.05, 0) is 37.1 Å². The highest BCUT2D eigenvalue weighted by atomic mass is 16.3. The summed E-state index contributed by atoms with van der Waals surface area (Å²) in [6, 6.07) is 12.6. The van der Waals surface area contributed by atoms with Gasteiger partial charge in [0, 0.05) is 11.6 Å². The van der Waals surface area contributed by atoms with Gasteiger partial charge in [-0.15, -0.1) is 0 Å². The average Bonchev–Trinajstić information content (AvgIpc) is 2.91. The first-order chi connectivity index (χ1) is 8.75. The lowest BCUT2D eigenvalue weighted by Crippen LogP contribution is -2.28. The molecule has 0 bridgehead atoms. The molecule has 0 spiro atoms. The van der Waals surface area contributed by atoms with Crippen LogP contribution in [0.5, 0.6) is 0 Å². The molecule has 2 aromatic rings. The van der Waals surface area contributed by atoms with Crippen molar-refractivity contribution in [1.82, 2.24) is 0 Å². The molecule has 2 heteroatoms. The van der Waals surface area contributed by atoms with E-state index < -0.39 is 0 Å². The molecule has 18 heavy (non-hydrogen) atoms. The van der Waals surface area contributed by atoms with Crippen LogP contribution in [-0.2, 0) is 6.42 Å². The molecule has 1 N–H and O–H groups in total. The Morgan fingerprint density at radius 1 is 1.28 bits per heavy atom. The van der Waals surface area contributed by atoms with Gasteiger partial charge in [0.1, 0.15) is 5.76 Å². The first-order valence-corrected chi connectivity index (χ1v) is 6.29. The number of benzene rings is 1. The summed E-state index contributed by atoms with van der Waals surface area (Å²) in [4.78, 5) is 0. The predicted octanol–water partition coefficient (Wildman–Crippen LogP) is 4.18. The Kier molecular flexibility index (Phi) is 2.71. The van der Waals surface area contributed by atoms with Gasteiger partial charge in [0.15, 0.2) is 0 Å². The molecule has 2 heterocycles. The highest BCUT2D eigenvalue weighted by Gasteiger charge is 2.31. The lowest BCUT2D eigenvalue weighted by Gasteiger charge is -2.34. The maximum atomic E-state index is 5.56. The van der Waals surface area contributed by atoms with Gasteiger partial charge in [0.05, 0.1) is 12.3 Å². The fourth-order valence-electron chi connectivity index (χ4n) is 2.66. The van der Waals surface area contributed by atoms with Crippen LogP contribution in [0.25, 0.3) is 0 Å². The molecule has 1 aliphatic rings. The van der Waals surface area contributed by atoms with Crippen LogP contribution in [0.3, 0.4) is 0 Å². The number of hydrogen-bond acceptors (Lipinski definition) is 2. The molecule has 0 saturated carbocycles. The third-order valence-electron chi connectivity index (χ3n) is 3.65. The maximum absolute atomic E-state index is 5.56. The summed E-state index contributed by atoms with van der Waals surface area (Å²) in [7, 11) is 0. The average molecular weight is 239 g/mol. The third kappa shape index (κ3) is 1.84. The predicted molar refractivity (Wildman–Crippen MR) is 73.5 cm³/mol. The topological polar surface area (TPSA) is 25.2 Å². The standard InChI is InChI=1S/C16H17NO/c1-11(2)13-10-12-6-3-4-7-14(12)17-16(13)15-8-5-9-18-15/h3-9,13,16-17H,1,10H2,2H3/t13-,16-/m1/s1. The second-order valence-electron chi connectivity index (χ2n) is 4.95. The van der Waals surface area contributed by atoms with Gasteiger partial charge in [-0.1, -0.05) is 30.4 Å². The Morgan fingerprint density at radius 2 is 2.11 bits per heavy atom. The summed E-state index contributed by atoms with van der Waals surface area (Å²) in [5.41, 5.74) is 3.75. The molecule has 3 rings (SSSR count). The van der Waals surface area contributed by atoms with Gasteiger partial charge in [-0.2, -0.15) is 0 Å². The number of nitrogens with one attached hydrogen (secondary N) is 1. The summed E-state index contributed by atoms with van der Waals surface area (Å²) in [5, 5.41) is 3.58. The van der Waals surface area contributed by atoms with Crippen LogP contribution in [-0.4, -0.2) is 0 Å². The minimum absolute atomic E-state index is 0.187. The van der Waals surface area contributed by atoms with Crippen LogP contribution in [0, 0.1) is 5.92 Å². The van der Waals surface area contributed by atoms with E-state index in [0.29, 0.717) is 5.92 Å². The number of rotatable bonds is 2. The van der Waals surface area contributed by atoms with Crippen molar-refractivity contribution in [1.29, 1.82) is 0 Å². The first kappa shape index (κ1) is 11.1. The van der Waals surface area contributed by atoms with Gasteiger partial charge in [-0.25, -0.2) is 0 Å². The fraction of sp³-hybridized carbons (Fsp3) is 0.250. The fourth-order valence-corrected chi connectivity index (χ4v) is 2.66. The smallest absolute Gasteiger partial charge is 0.126 e. The minimum atomic E-state index is 0.187. The molecule has 0 aliphatic carbocycles. The van der Waals surface area contributed by atoms with Gasteiger partial charge < -0.3 is 9.73 Å².